The SMILES string of the molecule is CC/C=C/C/C=C/C/C=C/CC(=O)OCC(COCCC(C(=O)O)[N+](C)(C)C)OC(=O)CCCCCCCCC/C=C/C/C=C/CC. The molecule has 0 saturated carbocycles. The highest BCUT2D eigenvalue weighted by Gasteiger charge is 2.31. The fraction of sp³-hybridized carbons (Fsp3) is 0.667. The molecule has 0 aromatic rings. The van der Waals surface area contributed by atoms with E-state index in [0.717, 1.165) is 64.2 Å². The zero-order valence-electron chi connectivity index (χ0n) is 30.2. The topological polar surface area (TPSA) is 99.1 Å². The summed E-state index contributed by atoms with van der Waals surface area (Å²) in [6.07, 6.45) is 34.5. The molecule has 0 heterocycles. The Kier molecular flexibility index (Phi) is 28.4. The predicted molar refractivity (Wildman–Crippen MR) is 192 cm³/mol. The second-order valence-corrected chi connectivity index (χ2v) is 12.7. The van der Waals surface area contributed by atoms with E-state index in [9.17, 15) is 19.5 Å². The number of esters is 2. The van der Waals surface area contributed by atoms with Gasteiger partial charge in [-0.05, 0) is 51.4 Å². The van der Waals surface area contributed by atoms with Crippen LogP contribution in [-0.4, -0.2) is 80.6 Å². The number of ether oxygens (including phenoxy) is 3. The number of rotatable bonds is 30. The summed E-state index contributed by atoms with van der Waals surface area (Å²) in [5.41, 5.74) is 0. The van der Waals surface area contributed by atoms with E-state index in [2.05, 4.69) is 62.5 Å². The van der Waals surface area contributed by atoms with Crippen LogP contribution in [0.4, 0.5) is 0 Å². The molecule has 0 fully saturated rings. The predicted octanol–water partition coefficient (Wildman–Crippen LogP) is 8.68. The standard InChI is InChI=1S/C39H65NO7/c1-6-8-10-12-14-16-17-18-19-20-22-24-26-28-30-38(42)47-35(33-45-32-31-36(39(43)44)40(3,4)5)34-46-37(41)29-27-25-23-21-15-13-11-9-7-2/h8-11,14-16,21,25,27,35-36H,6-7,12-13,17-20,22-24,26,28-34H2,1-5H3/p+1/b10-8+,11-9+,16-14+,21-15+,27-25+. The summed E-state index contributed by atoms with van der Waals surface area (Å²) >= 11 is 0. The van der Waals surface area contributed by atoms with Crippen molar-refractivity contribution in [3.8, 4) is 0 Å². The molecule has 268 valence electrons. The first-order chi connectivity index (χ1) is 22.6. The molecule has 8 nitrogen and oxygen atoms in total. The van der Waals surface area contributed by atoms with Gasteiger partial charge in [-0.2, -0.15) is 0 Å². The Hall–Kier alpha value is -2.97. The highest BCUT2D eigenvalue weighted by molar-refractivity contribution is 5.72. The molecule has 47 heavy (non-hydrogen) atoms. The number of carbonyl (C=O) groups excluding carboxylic acids is 2. The summed E-state index contributed by atoms with van der Waals surface area (Å²) in [7, 11) is 5.47. The van der Waals surface area contributed by atoms with Crippen molar-refractivity contribution in [1.82, 2.24) is 0 Å². The Morgan fingerprint density at radius 3 is 1.77 bits per heavy atom. The zero-order chi connectivity index (χ0) is 35.0. The van der Waals surface area contributed by atoms with E-state index < -0.39 is 24.1 Å². The fourth-order valence-corrected chi connectivity index (χ4v) is 4.72. The molecule has 0 bridgehead atoms. The summed E-state index contributed by atoms with van der Waals surface area (Å²) in [4.78, 5) is 36.6. The van der Waals surface area contributed by atoms with Crippen LogP contribution in [0.2, 0.25) is 0 Å². The van der Waals surface area contributed by atoms with Gasteiger partial charge in [0.25, 0.3) is 0 Å². The van der Waals surface area contributed by atoms with E-state index in [4.69, 9.17) is 14.2 Å². The molecule has 2 atom stereocenters. The minimum atomic E-state index is -0.891. The Morgan fingerprint density at radius 2 is 1.19 bits per heavy atom. The Balaban J connectivity index is 4.54. The number of aliphatic carboxylic acids is 1. The third-order valence-corrected chi connectivity index (χ3v) is 7.45. The molecule has 0 saturated heterocycles. The molecule has 0 amide bonds. The van der Waals surface area contributed by atoms with Crippen LogP contribution in [0.25, 0.3) is 0 Å². The second kappa shape index (κ2) is 30.4. The Bertz CT molecular complexity index is 959. The lowest BCUT2D eigenvalue weighted by atomic mass is 10.1. The maximum Gasteiger partial charge on any atom is 0.362 e. The molecule has 0 aromatic heterocycles. The van der Waals surface area contributed by atoms with Crippen molar-refractivity contribution in [2.75, 3.05) is 41.0 Å². The van der Waals surface area contributed by atoms with Crippen molar-refractivity contribution in [1.29, 1.82) is 0 Å². The number of carboxylic acids is 1. The van der Waals surface area contributed by atoms with Gasteiger partial charge in [0.2, 0.25) is 0 Å². The number of hydrogen-bond acceptors (Lipinski definition) is 6. The van der Waals surface area contributed by atoms with Crippen molar-refractivity contribution in [3.63, 3.8) is 0 Å². The highest BCUT2D eigenvalue weighted by Crippen LogP contribution is 2.12. The largest absolute Gasteiger partial charge is 0.477 e. The van der Waals surface area contributed by atoms with Crippen LogP contribution < -0.4 is 0 Å². The van der Waals surface area contributed by atoms with Crippen molar-refractivity contribution in [3.05, 3.63) is 60.8 Å². The lowest BCUT2D eigenvalue weighted by Crippen LogP contribution is -2.50. The van der Waals surface area contributed by atoms with Gasteiger partial charge in [0.1, 0.15) is 6.61 Å². The molecule has 0 rings (SSSR count). The maximum absolute atomic E-state index is 12.6. The average molecular weight is 661 g/mol. The summed E-state index contributed by atoms with van der Waals surface area (Å²) < 4.78 is 17.0. The number of carboxylic acid groups (broad SMARTS) is 1. The van der Waals surface area contributed by atoms with E-state index in [0.29, 0.717) is 12.8 Å². The second-order valence-electron chi connectivity index (χ2n) is 12.7. The first-order valence-electron chi connectivity index (χ1n) is 17.8. The van der Waals surface area contributed by atoms with E-state index in [1.807, 2.05) is 27.2 Å². The maximum atomic E-state index is 12.6. The fourth-order valence-electron chi connectivity index (χ4n) is 4.72. The van der Waals surface area contributed by atoms with E-state index in [-0.39, 0.29) is 36.7 Å². The third-order valence-electron chi connectivity index (χ3n) is 7.45. The molecule has 0 aliphatic heterocycles. The normalized spacial score (nSPS) is 13.8. The van der Waals surface area contributed by atoms with E-state index in [1.165, 1.54) is 19.3 Å². The molecule has 0 aliphatic rings. The number of hydrogen-bond donors (Lipinski definition) is 1. The summed E-state index contributed by atoms with van der Waals surface area (Å²) in [5, 5.41) is 9.55. The van der Waals surface area contributed by atoms with Crippen molar-refractivity contribution in [2.24, 2.45) is 0 Å². The van der Waals surface area contributed by atoms with Crippen LogP contribution in [0.5, 0.6) is 0 Å². The van der Waals surface area contributed by atoms with Gasteiger partial charge < -0.3 is 23.8 Å². The first-order valence-corrected chi connectivity index (χ1v) is 17.8. The van der Waals surface area contributed by atoms with Gasteiger partial charge in [-0.3, -0.25) is 9.59 Å². The van der Waals surface area contributed by atoms with Crippen molar-refractivity contribution >= 4 is 17.9 Å². The number of likely N-dealkylation sites (N-methyl/N-ethyl adjacent to an activating group) is 1. The van der Waals surface area contributed by atoms with Crippen LogP contribution in [-0.2, 0) is 28.6 Å². The minimum Gasteiger partial charge on any atom is -0.477 e. The highest BCUT2D eigenvalue weighted by atomic mass is 16.6. The molecule has 0 radical (unpaired) electrons. The zero-order valence-corrected chi connectivity index (χ0v) is 30.2. The molecule has 2 unspecified atom stereocenters. The number of unbranched alkanes of at least 4 members (excludes halogenated alkanes) is 7. The van der Waals surface area contributed by atoms with Crippen molar-refractivity contribution in [2.45, 2.75) is 129 Å². The lowest BCUT2D eigenvalue weighted by Gasteiger charge is -2.31. The third kappa shape index (κ3) is 28.9. The summed E-state index contributed by atoms with van der Waals surface area (Å²) in [6.45, 7) is 4.35. The number of nitrogens with zero attached hydrogens (tertiary/aromatic N) is 1. The smallest absolute Gasteiger partial charge is 0.362 e. The van der Waals surface area contributed by atoms with Gasteiger partial charge in [0.05, 0.1) is 40.8 Å². The van der Waals surface area contributed by atoms with Crippen LogP contribution in [0.15, 0.2) is 60.8 Å². The monoisotopic (exact) mass is 660 g/mol. The van der Waals surface area contributed by atoms with Crippen LogP contribution in [0.3, 0.4) is 0 Å². The molecular weight excluding hydrogens is 594 g/mol. The van der Waals surface area contributed by atoms with Crippen LogP contribution in [0, 0.1) is 0 Å². The first kappa shape index (κ1) is 44.0. The van der Waals surface area contributed by atoms with Gasteiger partial charge in [-0.25, -0.2) is 4.79 Å². The summed E-state index contributed by atoms with van der Waals surface area (Å²) in [6, 6.07) is -0.627. The molecule has 0 aliphatic carbocycles. The molecule has 0 spiro atoms. The number of quaternary nitrogens is 1. The van der Waals surface area contributed by atoms with E-state index >= 15 is 0 Å². The quantitative estimate of drug-likeness (QED) is 0.0356. The summed E-state index contributed by atoms with van der Waals surface area (Å²) in [5.74, 6) is -1.64. The number of allylic oxidation sites excluding steroid dienone is 9. The molecule has 0 aromatic carbocycles. The van der Waals surface area contributed by atoms with Gasteiger partial charge in [0.15, 0.2) is 12.1 Å². The Morgan fingerprint density at radius 1 is 0.660 bits per heavy atom. The van der Waals surface area contributed by atoms with Gasteiger partial charge in [-0.1, -0.05) is 107 Å². The van der Waals surface area contributed by atoms with Gasteiger partial charge in [0, 0.05) is 12.8 Å². The lowest BCUT2D eigenvalue weighted by molar-refractivity contribution is -0.887. The molecular formula is C39H66NO7+. The van der Waals surface area contributed by atoms with Crippen LogP contribution in [0.1, 0.15) is 117 Å². The number of carbonyl (C=O) groups is 3. The Labute approximate surface area is 286 Å². The van der Waals surface area contributed by atoms with Crippen molar-refractivity contribution < 1.29 is 38.2 Å². The van der Waals surface area contributed by atoms with Crippen LogP contribution >= 0.6 is 0 Å². The average Bonchev–Trinajstić information content (AvgIpc) is 3.01. The molecule has 8 heteroatoms. The van der Waals surface area contributed by atoms with E-state index in [1.54, 1.807) is 6.08 Å². The van der Waals surface area contributed by atoms with Gasteiger partial charge >= 0.3 is 17.9 Å². The van der Waals surface area contributed by atoms with Gasteiger partial charge in [-0.15, -0.1) is 0 Å². The molecule has 1 N–H and O–H groups in total. The minimum absolute atomic E-state index is 0.0280.